The average molecular weight is 243 g/mol. The number of nitrogens with one attached hydrogen (secondary N) is 2. The lowest BCUT2D eigenvalue weighted by Crippen LogP contribution is -2.30. The van der Waals surface area contributed by atoms with Gasteiger partial charge in [0.1, 0.15) is 0 Å². The molecule has 2 heterocycles. The van der Waals surface area contributed by atoms with Gasteiger partial charge in [-0.25, -0.2) is 0 Å². The van der Waals surface area contributed by atoms with Crippen LogP contribution in [0, 0.1) is 0 Å². The number of nitrogens with zero attached hydrogens (tertiary/aromatic N) is 1. The predicted molar refractivity (Wildman–Crippen MR) is 75.8 cm³/mol. The molecule has 18 heavy (non-hydrogen) atoms. The van der Waals surface area contributed by atoms with Crippen molar-refractivity contribution in [3.8, 4) is 0 Å². The van der Waals surface area contributed by atoms with Gasteiger partial charge in [0.2, 0.25) is 0 Å². The number of fused-ring (bicyclic) bond motifs is 1. The third-order valence-electron chi connectivity index (χ3n) is 3.92. The molecule has 1 aliphatic heterocycles. The molecule has 1 aromatic carbocycles. The molecule has 1 fully saturated rings. The molecule has 0 amide bonds. The van der Waals surface area contributed by atoms with E-state index in [2.05, 4.69) is 52.5 Å². The van der Waals surface area contributed by atoms with Crippen molar-refractivity contribution in [1.82, 2.24) is 15.2 Å². The van der Waals surface area contributed by atoms with Crippen LogP contribution in [0.1, 0.15) is 25.1 Å². The number of benzene rings is 1. The fraction of sp³-hybridized carbons (Fsp3) is 0.467. The summed E-state index contributed by atoms with van der Waals surface area (Å²) >= 11 is 0. The zero-order valence-electron chi connectivity index (χ0n) is 10.9. The first-order chi connectivity index (χ1) is 8.84. The van der Waals surface area contributed by atoms with Crippen LogP contribution in [-0.2, 0) is 0 Å². The number of H-pyrrole nitrogens is 1. The summed E-state index contributed by atoms with van der Waals surface area (Å²) in [4.78, 5) is 6.11. The topological polar surface area (TPSA) is 31.1 Å². The normalized spacial score (nSPS) is 19.8. The van der Waals surface area contributed by atoms with Crippen LogP contribution in [0.15, 0.2) is 30.3 Å². The van der Waals surface area contributed by atoms with Crippen molar-refractivity contribution < 1.29 is 0 Å². The molecular formula is C15H21N3. The second-order valence-electron chi connectivity index (χ2n) is 5.13. The molecule has 1 atom stereocenters. The smallest absolute Gasteiger partial charge is 0.0471 e. The average Bonchev–Trinajstić information content (AvgIpc) is 2.64. The van der Waals surface area contributed by atoms with Gasteiger partial charge >= 0.3 is 0 Å². The zero-order chi connectivity index (χ0) is 12.4. The largest absolute Gasteiger partial charge is 0.357 e. The summed E-state index contributed by atoms with van der Waals surface area (Å²) in [5, 5.41) is 4.77. The van der Waals surface area contributed by atoms with E-state index in [4.69, 9.17) is 0 Å². The molecule has 96 valence electrons. The zero-order valence-corrected chi connectivity index (χ0v) is 10.9. The second-order valence-corrected chi connectivity index (χ2v) is 5.13. The maximum absolute atomic E-state index is 3.55. The minimum absolute atomic E-state index is 0.470. The molecule has 0 radical (unpaired) electrons. The van der Waals surface area contributed by atoms with Crippen LogP contribution in [0.2, 0.25) is 0 Å². The second kappa shape index (κ2) is 5.12. The lowest BCUT2D eigenvalue weighted by atomic mass is 10.2. The van der Waals surface area contributed by atoms with E-state index in [0.717, 1.165) is 19.6 Å². The van der Waals surface area contributed by atoms with Crippen LogP contribution >= 0.6 is 0 Å². The van der Waals surface area contributed by atoms with E-state index >= 15 is 0 Å². The summed E-state index contributed by atoms with van der Waals surface area (Å²) in [6, 6.07) is 11.3. The van der Waals surface area contributed by atoms with Crippen molar-refractivity contribution in [2.45, 2.75) is 19.4 Å². The lowest BCUT2D eigenvalue weighted by molar-refractivity contribution is 0.222. The van der Waals surface area contributed by atoms with Crippen LogP contribution < -0.4 is 5.32 Å². The van der Waals surface area contributed by atoms with Gasteiger partial charge in [-0.05, 0) is 37.4 Å². The predicted octanol–water partition coefficient (Wildman–Crippen LogP) is 2.52. The first kappa shape index (κ1) is 11.8. The Morgan fingerprint density at radius 1 is 1.17 bits per heavy atom. The highest BCUT2D eigenvalue weighted by Gasteiger charge is 2.18. The van der Waals surface area contributed by atoms with Gasteiger partial charge in [0.05, 0.1) is 0 Å². The van der Waals surface area contributed by atoms with Crippen LogP contribution in [0.3, 0.4) is 0 Å². The first-order valence-electron chi connectivity index (χ1n) is 6.87. The van der Waals surface area contributed by atoms with Gasteiger partial charge in [0.25, 0.3) is 0 Å². The minimum atomic E-state index is 0.470. The molecule has 3 nitrogen and oxygen atoms in total. The Balaban J connectivity index is 1.83. The van der Waals surface area contributed by atoms with Crippen molar-refractivity contribution in [2.75, 3.05) is 26.2 Å². The highest BCUT2D eigenvalue weighted by atomic mass is 15.2. The van der Waals surface area contributed by atoms with E-state index in [1.807, 2.05) is 0 Å². The molecule has 3 heteroatoms. The highest BCUT2D eigenvalue weighted by Crippen LogP contribution is 2.24. The standard InChI is InChI=1S/C15H21N3/c1-12(18-9-4-7-16-8-10-18)15-11-13-5-2-3-6-14(13)17-15/h2-3,5-6,11-12,16-17H,4,7-10H2,1H3. The van der Waals surface area contributed by atoms with Gasteiger partial charge in [0.15, 0.2) is 0 Å². The first-order valence-corrected chi connectivity index (χ1v) is 6.87. The summed E-state index contributed by atoms with van der Waals surface area (Å²) in [6.07, 6.45) is 1.24. The van der Waals surface area contributed by atoms with Crippen molar-refractivity contribution in [3.05, 3.63) is 36.0 Å². The van der Waals surface area contributed by atoms with Gasteiger partial charge < -0.3 is 10.3 Å². The molecule has 0 bridgehead atoms. The van der Waals surface area contributed by atoms with Gasteiger partial charge in [-0.1, -0.05) is 18.2 Å². The Bertz CT molecular complexity index is 476. The number of hydrogen-bond donors (Lipinski definition) is 2. The minimum Gasteiger partial charge on any atom is -0.357 e. The van der Waals surface area contributed by atoms with Crippen molar-refractivity contribution in [3.63, 3.8) is 0 Å². The van der Waals surface area contributed by atoms with Crippen molar-refractivity contribution in [2.24, 2.45) is 0 Å². The van der Waals surface area contributed by atoms with E-state index in [9.17, 15) is 0 Å². The van der Waals surface area contributed by atoms with Crippen LogP contribution in [0.4, 0.5) is 0 Å². The number of aromatic amines is 1. The number of aromatic nitrogens is 1. The summed E-state index contributed by atoms with van der Waals surface area (Å²) in [5.74, 6) is 0. The van der Waals surface area contributed by atoms with Crippen molar-refractivity contribution >= 4 is 10.9 Å². The van der Waals surface area contributed by atoms with E-state index < -0.39 is 0 Å². The molecular weight excluding hydrogens is 222 g/mol. The molecule has 0 spiro atoms. The third kappa shape index (κ3) is 2.28. The van der Waals surface area contributed by atoms with Crippen molar-refractivity contribution in [1.29, 1.82) is 0 Å². The van der Waals surface area contributed by atoms with E-state index in [-0.39, 0.29) is 0 Å². The van der Waals surface area contributed by atoms with Gasteiger partial charge in [0, 0.05) is 36.9 Å². The Morgan fingerprint density at radius 2 is 2.06 bits per heavy atom. The van der Waals surface area contributed by atoms with E-state index in [1.54, 1.807) is 0 Å². The summed E-state index contributed by atoms with van der Waals surface area (Å²) < 4.78 is 0. The van der Waals surface area contributed by atoms with E-state index in [0.29, 0.717) is 6.04 Å². The van der Waals surface area contributed by atoms with Gasteiger partial charge in [-0.3, -0.25) is 4.90 Å². The third-order valence-corrected chi connectivity index (χ3v) is 3.92. The monoisotopic (exact) mass is 243 g/mol. The SMILES string of the molecule is CC(c1cc2ccccc2[nH]1)N1CCCNCC1. The van der Waals surface area contributed by atoms with Gasteiger partial charge in [-0.2, -0.15) is 0 Å². The fourth-order valence-electron chi connectivity index (χ4n) is 2.77. The maximum Gasteiger partial charge on any atom is 0.0471 e. The van der Waals surface area contributed by atoms with Crippen LogP contribution in [0.25, 0.3) is 10.9 Å². The molecule has 3 rings (SSSR count). The Morgan fingerprint density at radius 3 is 2.94 bits per heavy atom. The quantitative estimate of drug-likeness (QED) is 0.849. The van der Waals surface area contributed by atoms with Crippen LogP contribution in [0.5, 0.6) is 0 Å². The summed E-state index contributed by atoms with van der Waals surface area (Å²) in [5.41, 5.74) is 2.57. The number of rotatable bonds is 2. The highest BCUT2D eigenvalue weighted by molar-refractivity contribution is 5.80. The Hall–Kier alpha value is -1.32. The Labute approximate surface area is 108 Å². The molecule has 0 aliphatic carbocycles. The van der Waals surface area contributed by atoms with E-state index in [1.165, 1.54) is 29.6 Å². The molecule has 1 saturated heterocycles. The van der Waals surface area contributed by atoms with Crippen LogP contribution in [-0.4, -0.2) is 36.1 Å². The number of hydrogen-bond acceptors (Lipinski definition) is 2. The molecule has 1 aliphatic rings. The van der Waals surface area contributed by atoms with Gasteiger partial charge in [-0.15, -0.1) is 0 Å². The summed E-state index contributed by atoms with van der Waals surface area (Å²) in [6.45, 7) is 6.87. The summed E-state index contributed by atoms with van der Waals surface area (Å²) in [7, 11) is 0. The molecule has 0 saturated carbocycles. The lowest BCUT2D eigenvalue weighted by Gasteiger charge is -2.26. The molecule has 2 N–H and O–H groups in total. The number of para-hydroxylation sites is 1. The Kier molecular flexibility index (Phi) is 3.35. The molecule has 2 aromatic rings. The molecule has 1 unspecified atom stereocenters. The molecule has 1 aromatic heterocycles. The maximum atomic E-state index is 3.55. The fourth-order valence-corrected chi connectivity index (χ4v) is 2.77.